The van der Waals surface area contributed by atoms with E-state index < -0.39 is 0 Å². The summed E-state index contributed by atoms with van der Waals surface area (Å²) in [6.45, 7) is 2.48. The molecule has 1 aromatic heterocycles. The number of benzene rings is 1. The molecule has 0 fully saturated rings. The van der Waals surface area contributed by atoms with Crippen molar-refractivity contribution in [2.75, 3.05) is 11.9 Å². The van der Waals surface area contributed by atoms with E-state index in [9.17, 15) is 4.79 Å². The van der Waals surface area contributed by atoms with E-state index in [2.05, 4.69) is 26.2 Å². The molecule has 1 aromatic carbocycles. The predicted molar refractivity (Wildman–Crippen MR) is 87.1 cm³/mol. The van der Waals surface area contributed by atoms with Gasteiger partial charge in [-0.25, -0.2) is 0 Å². The molecule has 0 radical (unpaired) electrons. The summed E-state index contributed by atoms with van der Waals surface area (Å²) in [5.41, 5.74) is 1.98. The monoisotopic (exact) mass is 368 g/mol. The molecule has 1 amide bonds. The minimum atomic E-state index is -0.228. The highest BCUT2D eigenvalue weighted by molar-refractivity contribution is 9.10. The number of halogens is 2. The van der Waals surface area contributed by atoms with Crippen molar-refractivity contribution in [2.45, 2.75) is 12.8 Å². The van der Waals surface area contributed by atoms with Crippen LogP contribution in [0.3, 0.4) is 0 Å². The van der Waals surface area contributed by atoms with Crippen LogP contribution >= 0.6 is 27.5 Å². The van der Waals surface area contributed by atoms with E-state index in [1.54, 1.807) is 30.5 Å². The van der Waals surface area contributed by atoms with Crippen LogP contribution in [0.25, 0.3) is 0 Å². The van der Waals surface area contributed by atoms with Crippen LogP contribution < -0.4 is 10.1 Å². The Kier molecular flexibility index (Phi) is 5.59. The minimum Gasteiger partial charge on any atom is -0.494 e. The normalized spacial score (nSPS) is 10.2. The summed E-state index contributed by atoms with van der Waals surface area (Å²) < 4.78 is 6.23. The van der Waals surface area contributed by atoms with Gasteiger partial charge >= 0.3 is 0 Å². The van der Waals surface area contributed by atoms with Crippen LogP contribution in [-0.4, -0.2) is 17.5 Å². The van der Waals surface area contributed by atoms with Crippen molar-refractivity contribution in [3.05, 3.63) is 52.3 Å². The quantitative estimate of drug-likeness (QED) is 0.802. The maximum absolute atomic E-state index is 12.1. The Balaban J connectivity index is 2.17. The average Bonchev–Trinajstić information content (AvgIpc) is 2.49. The first-order chi connectivity index (χ1) is 10.1. The summed E-state index contributed by atoms with van der Waals surface area (Å²) in [6, 6.07) is 7.10. The standard InChI is InChI=1S/C15H14BrClN2O2/c1-2-21-14-4-3-13(6-10(14)7-17)19-15(20)11-5-12(16)9-18-8-11/h3-6,8-9H,2,7H2,1H3,(H,19,20). The zero-order chi connectivity index (χ0) is 15.2. The van der Waals surface area contributed by atoms with E-state index in [1.807, 2.05) is 6.92 Å². The minimum absolute atomic E-state index is 0.228. The van der Waals surface area contributed by atoms with Crippen molar-refractivity contribution in [1.29, 1.82) is 0 Å². The number of hydrogen-bond donors (Lipinski definition) is 1. The first-order valence-corrected chi connectivity index (χ1v) is 7.70. The van der Waals surface area contributed by atoms with Gasteiger partial charge in [0.15, 0.2) is 0 Å². The Morgan fingerprint density at radius 3 is 2.86 bits per heavy atom. The summed E-state index contributed by atoms with van der Waals surface area (Å²) in [5, 5.41) is 2.82. The summed E-state index contributed by atoms with van der Waals surface area (Å²) >= 11 is 9.19. The van der Waals surface area contributed by atoms with Gasteiger partial charge in [-0.3, -0.25) is 9.78 Å². The second-order valence-corrected chi connectivity index (χ2v) is 5.42. The molecule has 0 bridgehead atoms. The molecule has 0 aliphatic heterocycles. The smallest absolute Gasteiger partial charge is 0.257 e. The third-order valence-corrected chi connectivity index (χ3v) is 3.45. The van der Waals surface area contributed by atoms with Crippen LogP contribution in [0.15, 0.2) is 41.1 Å². The second-order valence-electron chi connectivity index (χ2n) is 4.24. The van der Waals surface area contributed by atoms with Crippen LogP contribution in [0, 0.1) is 0 Å². The number of hydrogen-bond acceptors (Lipinski definition) is 3. The molecule has 4 nitrogen and oxygen atoms in total. The zero-order valence-electron chi connectivity index (χ0n) is 11.4. The maximum Gasteiger partial charge on any atom is 0.257 e. The van der Waals surface area contributed by atoms with E-state index in [-0.39, 0.29) is 5.91 Å². The number of ether oxygens (including phenoxy) is 1. The fourth-order valence-electron chi connectivity index (χ4n) is 1.80. The molecule has 0 atom stereocenters. The highest BCUT2D eigenvalue weighted by atomic mass is 79.9. The van der Waals surface area contributed by atoms with Crippen LogP contribution in [0.2, 0.25) is 0 Å². The third kappa shape index (κ3) is 4.19. The lowest BCUT2D eigenvalue weighted by Crippen LogP contribution is -2.12. The van der Waals surface area contributed by atoms with Crippen LogP contribution in [0.4, 0.5) is 5.69 Å². The van der Waals surface area contributed by atoms with E-state index in [0.29, 0.717) is 23.7 Å². The lowest BCUT2D eigenvalue weighted by Gasteiger charge is -2.11. The number of carbonyl (C=O) groups is 1. The molecule has 110 valence electrons. The van der Waals surface area contributed by atoms with Crippen LogP contribution in [0.5, 0.6) is 5.75 Å². The Morgan fingerprint density at radius 1 is 1.38 bits per heavy atom. The average molecular weight is 370 g/mol. The van der Waals surface area contributed by atoms with Crippen molar-refractivity contribution in [2.24, 2.45) is 0 Å². The van der Waals surface area contributed by atoms with Gasteiger partial charge in [-0.05, 0) is 47.1 Å². The molecule has 21 heavy (non-hydrogen) atoms. The largest absolute Gasteiger partial charge is 0.494 e. The second kappa shape index (κ2) is 7.43. The van der Waals surface area contributed by atoms with Crippen LogP contribution in [-0.2, 0) is 5.88 Å². The summed E-state index contributed by atoms with van der Waals surface area (Å²) in [6.07, 6.45) is 3.14. The first kappa shape index (κ1) is 15.8. The predicted octanol–water partition coefficient (Wildman–Crippen LogP) is 4.23. The van der Waals surface area contributed by atoms with E-state index in [4.69, 9.17) is 16.3 Å². The summed E-state index contributed by atoms with van der Waals surface area (Å²) in [7, 11) is 0. The van der Waals surface area contributed by atoms with Gasteiger partial charge in [-0.1, -0.05) is 0 Å². The van der Waals surface area contributed by atoms with E-state index in [0.717, 1.165) is 15.8 Å². The summed E-state index contributed by atoms with van der Waals surface area (Å²) in [4.78, 5) is 16.1. The number of aromatic nitrogens is 1. The first-order valence-electron chi connectivity index (χ1n) is 6.37. The van der Waals surface area contributed by atoms with Crippen molar-refractivity contribution < 1.29 is 9.53 Å². The molecule has 0 aliphatic carbocycles. The lowest BCUT2D eigenvalue weighted by molar-refractivity contribution is 0.102. The number of nitrogens with zero attached hydrogens (tertiary/aromatic N) is 1. The molecule has 0 saturated heterocycles. The number of amides is 1. The Hall–Kier alpha value is -1.59. The Labute approximate surface area is 136 Å². The van der Waals surface area contributed by atoms with Gasteiger partial charge in [-0.2, -0.15) is 0 Å². The van der Waals surface area contributed by atoms with Gasteiger partial charge in [0.05, 0.1) is 18.1 Å². The maximum atomic E-state index is 12.1. The Bertz CT molecular complexity index is 649. The number of alkyl halides is 1. The zero-order valence-corrected chi connectivity index (χ0v) is 13.7. The number of anilines is 1. The molecular formula is C15H14BrClN2O2. The van der Waals surface area contributed by atoms with Crippen molar-refractivity contribution >= 4 is 39.1 Å². The van der Waals surface area contributed by atoms with Gasteiger partial charge in [0.1, 0.15) is 5.75 Å². The molecule has 2 aromatic rings. The Morgan fingerprint density at radius 2 is 2.19 bits per heavy atom. The van der Waals surface area contributed by atoms with Gasteiger partial charge in [0.2, 0.25) is 0 Å². The van der Waals surface area contributed by atoms with Gasteiger partial charge < -0.3 is 10.1 Å². The highest BCUT2D eigenvalue weighted by Crippen LogP contribution is 2.25. The van der Waals surface area contributed by atoms with Gasteiger partial charge in [-0.15, -0.1) is 11.6 Å². The molecular weight excluding hydrogens is 356 g/mol. The number of pyridine rings is 1. The van der Waals surface area contributed by atoms with Crippen molar-refractivity contribution in [3.8, 4) is 5.75 Å². The lowest BCUT2D eigenvalue weighted by atomic mass is 10.2. The number of carbonyl (C=O) groups excluding carboxylic acids is 1. The molecule has 1 heterocycles. The van der Waals surface area contributed by atoms with Crippen molar-refractivity contribution in [1.82, 2.24) is 4.98 Å². The molecule has 6 heteroatoms. The fourth-order valence-corrected chi connectivity index (χ4v) is 2.37. The molecule has 0 unspecified atom stereocenters. The molecule has 0 aliphatic rings. The van der Waals surface area contributed by atoms with Gasteiger partial charge in [0, 0.05) is 28.1 Å². The van der Waals surface area contributed by atoms with Crippen LogP contribution in [0.1, 0.15) is 22.8 Å². The molecule has 1 N–H and O–H groups in total. The molecule has 0 saturated carbocycles. The number of rotatable bonds is 5. The highest BCUT2D eigenvalue weighted by Gasteiger charge is 2.09. The molecule has 2 rings (SSSR count). The topological polar surface area (TPSA) is 51.2 Å². The SMILES string of the molecule is CCOc1ccc(NC(=O)c2cncc(Br)c2)cc1CCl. The third-order valence-electron chi connectivity index (χ3n) is 2.73. The molecule has 0 spiro atoms. The summed E-state index contributed by atoms with van der Waals surface area (Å²) in [5.74, 6) is 0.820. The van der Waals surface area contributed by atoms with E-state index >= 15 is 0 Å². The van der Waals surface area contributed by atoms with E-state index in [1.165, 1.54) is 6.20 Å². The van der Waals surface area contributed by atoms with Gasteiger partial charge in [0.25, 0.3) is 5.91 Å². The van der Waals surface area contributed by atoms with Crippen molar-refractivity contribution in [3.63, 3.8) is 0 Å². The fraction of sp³-hybridized carbons (Fsp3) is 0.200. The number of nitrogens with one attached hydrogen (secondary N) is 1.